The van der Waals surface area contributed by atoms with Crippen molar-refractivity contribution in [3.8, 4) is 0 Å². The van der Waals surface area contributed by atoms with E-state index < -0.39 is 7.22 Å². The molecule has 110 valence electrons. The van der Waals surface area contributed by atoms with Gasteiger partial charge in [-0.2, -0.15) is 11.2 Å². The number of benzene rings is 1. The Balaban J connectivity index is 1.99. The highest BCUT2D eigenvalue weighted by molar-refractivity contribution is 8.28. The normalized spacial score (nSPS) is 18.4. The van der Waals surface area contributed by atoms with Crippen molar-refractivity contribution in [3.63, 3.8) is 0 Å². The SMILES string of the molecule is C[Si](C)(C)Sc1cccc(C=NC2CCCCCC2)c1. The molecule has 0 atom stereocenters. The molecule has 1 nitrogen and oxygen atoms in total. The summed E-state index contributed by atoms with van der Waals surface area (Å²) in [5.74, 6) is 0. The molecule has 1 saturated carbocycles. The first-order chi connectivity index (χ1) is 9.53. The molecule has 1 aliphatic rings. The van der Waals surface area contributed by atoms with Gasteiger partial charge in [-0.25, -0.2) is 0 Å². The lowest BCUT2D eigenvalue weighted by atomic mass is 10.1. The molecule has 0 saturated heterocycles. The van der Waals surface area contributed by atoms with Gasteiger partial charge in [0, 0.05) is 17.2 Å². The van der Waals surface area contributed by atoms with Crippen molar-refractivity contribution in [2.24, 2.45) is 4.99 Å². The largest absolute Gasteiger partial charge is 0.289 e. The van der Waals surface area contributed by atoms with Gasteiger partial charge in [0.25, 0.3) is 0 Å². The fourth-order valence-corrected chi connectivity index (χ4v) is 6.16. The van der Waals surface area contributed by atoms with Crippen molar-refractivity contribution in [2.75, 3.05) is 0 Å². The van der Waals surface area contributed by atoms with Crippen molar-refractivity contribution < 1.29 is 0 Å². The summed E-state index contributed by atoms with van der Waals surface area (Å²) in [6.45, 7) is 7.18. The van der Waals surface area contributed by atoms with Gasteiger partial charge < -0.3 is 0 Å². The predicted octanol–water partition coefficient (Wildman–Crippen LogP) is 5.76. The Labute approximate surface area is 128 Å². The van der Waals surface area contributed by atoms with Gasteiger partial charge in [-0.05, 0) is 30.5 Å². The van der Waals surface area contributed by atoms with Crippen LogP contribution in [0, 0.1) is 0 Å². The van der Waals surface area contributed by atoms with Crippen molar-refractivity contribution in [2.45, 2.75) is 69.1 Å². The molecule has 1 aliphatic carbocycles. The van der Waals surface area contributed by atoms with Crippen LogP contribution in [-0.4, -0.2) is 19.5 Å². The molecule has 0 spiro atoms. The second-order valence-electron chi connectivity index (χ2n) is 6.71. The van der Waals surface area contributed by atoms with E-state index in [4.69, 9.17) is 4.99 Å². The second-order valence-corrected chi connectivity index (χ2v) is 15.9. The average Bonchev–Trinajstić information content (AvgIpc) is 2.63. The van der Waals surface area contributed by atoms with Crippen LogP contribution in [0.25, 0.3) is 0 Å². The maximum Gasteiger partial charge on any atom is 0.114 e. The van der Waals surface area contributed by atoms with Crippen LogP contribution in [0.1, 0.15) is 44.1 Å². The highest BCUT2D eigenvalue weighted by atomic mass is 32.4. The number of aliphatic imine (C=N–C) groups is 1. The summed E-state index contributed by atoms with van der Waals surface area (Å²) in [5.41, 5.74) is 1.26. The van der Waals surface area contributed by atoms with E-state index in [9.17, 15) is 0 Å². The first-order valence-electron chi connectivity index (χ1n) is 7.85. The molecule has 1 fully saturated rings. The second kappa shape index (κ2) is 7.46. The van der Waals surface area contributed by atoms with Crippen LogP contribution >= 0.6 is 11.2 Å². The van der Waals surface area contributed by atoms with Crippen LogP contribution in [-0.2, 0) is 0 Å². The molecule has 0 bridgehead atoms. The molecule has 0 heterocycles. The van der Waals surface area contributed by atoms with E-state index in [0.29, 0.717) is 6.04 Å². The Kier molecular flexibility index (Phi) is 5.91. The lowest BCUT2D eigenvalue weighted by molar-refractivity contribution is 0.588. The van der Waals surface area contributed by atoms with Crippen LogP contribution in [0.15, 0.2) is 34.2 Å². The van der Waals surface area contributed by atoms with E-state index in [-0.39, 0.29) is 0 Å². The maximum absolute atomic E-state index is 4.83. The van der Waals surface area contributed by atoms with Gasteiger partial charge in [0.15, 0.2) is 0 Å². The summed E-state index contributed by atoms with van der Waals surface area (Å²) in [6, 6.07) is 9.42. The molecule has 0 aromatic heterocycles. The van der Waals surface area contributed by atoms with E-state index in [0.717, 1.165) is 0 Å². The van der Waals surface area contributed by atoms with Crippen molar-refractivity contribution in [1.82, 2.24) is 0 Å². The van der Waals surface area contributed by atoms with Gasteiger partial charge in [0.2, 0.25) is 0 Å². The van der Waals surface area contributed by atoms with Gasteiger partial charge in [-0.15, -0.1) is 0 Å². The minimum absolute atomic E-state index is 0.561. The Morgan fingerprint density at radius 2 is 1.80 bits per heavy atom. The summed E-state index contributed by atoms with van der Waals surface area (Å²) >= 11 is 2.06. The van der Waals surface area contributed by atoms with Gasteiger partial charge in [-0.3, -0.25) is 4.99 Å². The van der Waals surface area contributed by atoms with E-state index >= 15 is 0 Å². The van der Waals surface area contributed by atoms with E-state index in [2.05, 4.69) is 61.3 Å². The summed E-state index contributed by atoms with van der Waals surface area (Å²) in [4.78, 5) is 6.23. The topological polar surface area (TPSA) is 12.4 Å². The number of hydrogen-bond donors (Lipinski definition) is 0. The summed E-state index contributed by atoms with van der Waals surface area (Å²) in [6.07, 6.45) is 10.2. The molecule has 0 unspecified atom stereocenters. The predicted molar refractivity (Wildman–Crippen MR) is 94.7 cm³/mol. The van der Waals surface area contributed by atoms with E-state index in [1.54, 1.807) is 0 Å². The highest BCUT2D eigenvalue weighted by Gasteiger charge is 2.15. The van der Waals surface area contributed by atoms with Gasteiger partial charge in [0.05, 0.1) is 0 Å². The summed E-state index contributed by atoms with van der Waals surface area (Å²) in [7, 11) is -1.11. The highest BCUT2D eigenvalue weighted by Crippen LogP contribution is 2.29. The minimum atomic E-state index is -1.11. The first kappa shape index (κ1) is 15.8. The molecular weight excluding hydrogens is 278 g/mol. The summed E-state index contributed by atoms with van der Waals surface area (Å²) < 4.78 is 0. The van der Waals surface area contributed by atoms with Crippen LogP contribution in [0.5, 0.6) is 0 Å². The fourth-order valence-electron chi connectivity index (χ4n) is 2.61. The average molecular weight is 306 g/mol. The molecule has 1 aromatic carbocycles. The zero-order valence-corrected chi connectivity index (χ0v) is 14.9. The van der Waals surface area contributed by atoms with Crippen molar-refractivity contribution in [3.05, 3.63) is 29.8 Å². The standard InChI is InChI=1S/C17H27NSSi/c1-20(2,3)19-17-12-8-9-15(13-17)14-18-16-10-6-4-5-7-11-16/h8-9,12-14,16H,4-7,10-11H2,1-3H3. The fraction of sp³-hybridized carbons (Fsp3) is 0.588. The Morgan fingerprint density at radius 1 is 1.10 bits per heavy atom. The van der Waals surface area contributed by atoms with Crippen molar-refractivity contribution in [1.29, 1.82) is 0 Å². The first-order valence-corrected chi connectivity index (χ1v) is 12.9. The number of nitrogens with zero attached hydrogens (tertiary/aromatic N) is 1. The Hall–Kier alpha value is -0.543. The Bertz CT molecular complexity index is 443. The molecule has 1 aromatic rings. The molecule has 0 N–H and O–H groups in total. The van der Waals surface area contributed by atoms with E-state index in [1.165, 1.54) is 49.0 Å². The lowest BCUT2D eigenvalue weighted by Crippen LogP contribution is -2.13. The smallest absolute Gasteiger partial charge is 0.114 e. The monoisotopic (exact) mass is 305 g/mol. The Morgan fingerprint density at radius 3 is 2.45 bits per heavy atom. The number of hydrogen-bond acceptors (Lipinski definition) is 2. The molecule has 0 aliphatic heterocycles. The van der Waals surface area contributed by atoms with Gasteiger partial charge in [0.1, 0.15) is 7.22 Å². The third kappa shape index (κ3) is 5.84. The number of rotatable bonds is 4. The van der Waals surface area contributed by atoms with Crippen LogP contribution in [0.3, 0.4) is 0 Å². The third-order valence-electron chi connectivity index (χ3n) is 3.54. The van der Waals surface area contributed by atoms with E-state index in [1.807, 2.05) is 0 Å². The van der Waals surface area contributed by atoms with Gasteiger partial charge in [-0.1, -0.05) is 57.5 Å². The van der Waals surface area contributed by atoms with Crippen molar-refractivity contribution >= 4 is 24.6 Å². The zero-order valence-electron chi connectivity index (χ0n) is 13.1. The van der Waals surface area contributed by atoms with Crippen LogP contribution in [0.4, 0.5) is 0 Å². The maximum atomic E-state index is 4.83. The molecular formula is C17H27NSSi. The molecule has 0 radical (unpaired) electrons. The quantitative estimate of drug-likeness (QED) is 0.391. The van der Waals surface area contributed by atoms with Gasteiger partial charge >= 0.3 is 0 Å². The van der Waals surface area contributed by atoms with Crippen LogP contribution < -0.4 is 0 Å². The molecule has 0 amide bonds. The third-order valence-corrected chi connectivity index (χ3v) is 7.19. The lowest BCUT2D eigenvalue weighted by Gasteiger charge is -2.15. The molecule has 20 heavy (non-hydrogen) atoms. The zero-order chi connectivity index (χ0) is 14.4. The summed E-state index contributed by atoms with van der Waals surface area (Å²) in [5, 5.41) is 0. The van der Waals surface area contributed by atoms with Crippen LogP contribution in [0.2, 0.25) is 19.6 Å². The minimum Gasteiger partial charge on any atom is -0.289 e. The molecule has 3 heteroatoms. The molecule has 2 rings (SSSR count).